The molecule has 0 aromatic rings. The Bertz CT molecular complexity index is 369. The molecular weight excluding hydrogens is 276 g/mol. The quantitative estimate of drug-likeness (QED) is 0.743. The third-order valence-corrected chi connectivity index (χ3v) is 2.66. The van der Waals surface area contributed by atoms with E-state index >= 15 is 0 Å². The Morgan fingerprint density at radius 1 is 1.30 bits per heavy atom. The van der Waals surface area contributed by atoms with Crippen LogP contribution < -0.4 is 0 Å². The second kappa shape index (κ2) is 6.34. The summed E-state index contributed by atoms with van der Waals surface area (Å²) in [5.74, 6) is -0.684. The second-order valence-corrected chi connectivity index (χ2v) is 5.43. The minimum Gasteiger partial charge on any atom is -0.467 e. The first-order valence-electron chi connectivity index (χ1n) is 6.15. The van der Waals surface area contributed by atoms with Crippen molar-refractivity contribution in [1.82, 2.24) is 4.90 Å². The van der Waals surface area contributed by atoms with Crippen molar-refractivity contribution in [2.45, 2.75) is 51.6 Å². The number of rotatable bonds is 3. The van der Waals surface area contributed by atoms with E-state index in [1.807, 2.05) is 0 Å². The lowest BCUT2D eigenvalue weighted by atomic mass is 10.2. The predicted octanol–water partition coefficient (Wildman–Crippen LogP) is 1.78. The number of methoxy groups -OCH3 is 1. The fourth-order valence-electron chi connectivity index (χ4n) is 1.92. The highest BCUT2D eigenvalue weighted by Crippen LogP contribution is 2.25. The van der Waals surface area contributed by atoms with Gasteiger partial charge in [-0.05, 0) is 20.8 Å². The third kappa shape index (κ3) is 4.59. The molecule has 0 unspecified atom stereocenters. The fourth-order valence-corrected chi connectivity index (χ4v) is 1.92. The van der Waals surface area contributed by atoms with Crippen LogP contribution in [0.15, 0.2) is 0 Å². The van der Waals surface area contributed by atoms with Crippen LogP contribution in [-0.4, -0.2) is 55.0 Å². The largest absolute Gasteiger partial charge is 0.467 e. The number of esters is 1. The van der Waals surface area contributed by atoms with Crippen LogP contribution in [0.4, 0.5) is 13.6 Å². The normalized spacial score (nSPS) is 23.1. The molecule has 1 rings (SSSR count). The summed E-state index contributed by atoms with van der Waals surface area (Å²) in [5, 5.41) is 0. The molecule has 0 saturated carbocycles. The van der Waals surface area contributed by atoms with Crippen molar-refractivity contribution < 1.29 is 32.6 Å². The molecule has 1 amide bonds. The Labute approximate surface area is 116 Å². The molecule has 20 heavy (non-hydrogen) atoms. The van der Waals surface area contributed by atoms with Gasteiger partial charge in [-0.3, -0.25) is 4.90 Å². The number of carbonyl (C=O) groups excluding carboxylic acids is 2. The summed E-state index contributed by atoms with van der Waals surface area (Å²) >= 11 is 0. The molecule has 1 heterocycles. The Kier molecular flexibility index (Phi) is 5.27. The summed E-state index contributed by atoms with van der Waals surface area (Å²) < 4.78 is 38.5. The third-order valence-electron chi connectivity index (χ3n) is 2.66. The number of hydrogen-bond donors (Lipinski definition) is 0. The van der Waals surface area contributed by atoms with E-state index in [-0.39, 0.29) is 13.0 Å². The maximum Gasteiger partial charge on any atom is 0.411 e. The summed E-state index contributed by atoms with van der Waals surface area (Å²) in [6.45, 7) is 1.90. The molecule has 0 bridgehead atoms. The van der Waals surface area contributed by atoms with Gasteiger partial charge in [-0.15, -0.1) is 0 Å². The first-order chi connectivity index (χ1) is 9.14. The minimum atomic E-state index is -2.96. The number of likely N-dealkylation sites (tertiary alicyclic amines) is 1. The van der Waals surface area contributed by atoms with Crippen LogP contribution in [0.3, 0.4) is 0 Å². The van der Waals surface area contributed by atoms with E-state index in [1.165, 1.54) is 0 Å². The Balaban J connectivity index is 2.79. The second-order valence-electron chi connectivity index (χ2n) is 5.43. The van der Waals surface area contributed by atoms with Crippen LogP contribution in [0, 0.1) is 0 Å². The van der Waals surface area contributed by atoms with E-state index in [0.29, 0.717) is 0 Å². The molecule has 1 saturated heterocycles. The molecule has 0 radical (unpaired) electrons. The molecule has 0 spiro atoms. The molecule has 0 N–H and O–H groups in total. The highest BCUT2D eigenvalue weighted by molar-refractivity contribution is 5.82. The molecule has 1 aliphatic rings. The summed E-state index contributed by atoms with van der Waals surface area (Å²) in [4.78, 5) is 24.6. The number of ether oxygens (including phenoxy) is 3. The van der Waals surface area contributed by atoms with Crippen molar-refractivity contribution in [1.29, 1.82) is 0 Å². The van der Waals surface area contributed by atoms with Crippen LogP contribution in [0.1, 0.15) is 27.2 Å². The van der Waals surface area contributed by atoms with Gasteiger partial charge in [0.2, 0.25) is 0 Å². The van der Waals surface area contributed by atoms with Crippen molar-refractivity contribution >= 4 is 12.1 Å². The number of alkyl halides is 2. The van der Waals surface area contributed by atoms with Gasteiger partial charge in [-0.2, -0.15) is 8.78 Å². The Morgan fingerprint density at radius 2 is 1.90 bits per heavy atom. The Hall–Kier alpha value is -1.44. The number of amides is 1. The van der Waals surface area contributed by atoms with Crippen LogP contribution in [0.5, 0.6) is 0 Å². The van der Waals surface area contributed by atoms with Gasteiger partial charge in [0.1, 0.15) is 11.6 Å². The van der Waals surface area contributed by atoms with Crippen LogP contribution in [0.25, 0.3) is 0 Å². The van der Waals surface area contributed by atoms with E-state index in [9.17, 15) is 18.4 Å². The van der Waals surface area contributed by atoms with E-state index in [0.717, 1.165) is 12.0 Å². The first-order valence-corrected chi connectivity index (χ1v) is 6.15. The van der Waals surface area contributed by atoms with Crippen molar-refractivity contribution in [3.05, 3.63) is 0 Å². The Morgan fingerprint density at radius 3 is 2.35 bits per heavy atom. The lowest BCUT2D eigenvalue weighted by Crippen LogP contribution is -2.44. The zero-order valence-electron chi connectivity index (χ0n) is 11.9. The first kappa shape index (κ1) is 16.6. The highest BCUT2D eigenvalue weighted by atomic mass is 19.3. The van der Waals surface area contributed by atoms with E-state index in [1.54, 1.807) is 20.8 Å². The van der Waals surface area contributed by atoms with Crippen LogP contribution >= 0.6 is 0 Å². The van der Waals surface area contributed by atoms with Gasteiger partial charge in [-0.25, -0.2) is 9.59 Å². The monoisotopic (exact) mass is 295 g/mol. The van der Waals surface area contributed by atoms with Gasteiger partial charge >= 0.3 is 18.7 Å². The molecule has 2 atom stereocenters. The molecule has 116 valence electrons. The van der Waals surface area contributed by atoms with Crippen LogP contribution in [-0.2, 0) is 19.0 Å². The summed E-state index contributed by atoms with van der Waals surface area (Å²) in [6, 6.07) is -0.974. The van der Waals surface area contributed by atoms with E-state index in [2.05, 4.69) is 9.47 Å². The maximum atomic E-state index is 12.2. The van der Waals surface area contributed by atoms with Gasteiger partial charge in [0, 0.05) is 6.42 Å². The molecule has 0 aromatic heterocycles. The van der Waals surface area contributed by atoms with Gasteiger partial charge in [0.15, 0.2) is 0 Å². The van der Waals surface area contributed by atoms with Crippen molar-refractivity contribution in [3.8, 4) is 0 Å². The molecule has 1 fully saturated rings. The predicted molar refractivity (Wildman–Crippen MR) is 64.2 cm³/mol. The lowest BCUT2D eigenvalue weighted by Gasteiger charge is -2.27. The summed E-state index contributed by atoms with van der Waals surface area (Å²) in [7, 11) is 1.16. The standard InChI is InChI=1S/C12H19F2NO5/c1-12(2,3)20-11(17)15-6-7(19-10(13)14)5-8(15)9(16)18-4/h7-8,10H,5-6H2,1-4H3/t7-,8+/m1/s1. The van der Waals surface area contributed by atoms with Crippen molar-refractivity contribution in [2.24, 2.45) is 0 Å². The smallest absolute Gasteiger partial charge is 0.411 e. The van der Waals surface area contributed by atoms with E-state index < -0.39 is 36.4 Å². The van der Waals surface area contributed by atoms with E-state index in [4.69, 9.17) is 4.74 Å². The topological polar surface area (TPSA) is 65.1 Å². The average Bonchev–Trinajstić information content (AvgIpc) is 2.68. The number of nitrogens with zero attached hydrogens (tertiary/aromatic N) is 1. The molecule has 0 aromatic carbocycles. The average molecular weight is 295 g/mol. The van der Waals surface area contributed by atoms with Gasteiger partial charge in [0.05, 0.1) is 19.8 Å². The van der Waals surface area contributed by atoms with Gasteiger partial charge in [0.25, 0.3) is 0 Å². The maximum absolute atomic E-state index is 12.2. The molecule has 8 heteroatoms. The zero-order valence-corrected chi connectivity index (χ0v) is 11.9. The van der Waals surface area contributed by atoms with Crippen molar-refractivity contribution in [3.63, 3.8) is 0 Å². The van der Waals surface area contributed by atoms with Crippen LogP contribution in [0.2, 0.25) is 0 Å². The summed E-state index contributed by atoms with van der Waals surface area (Å²) in [6.07, 6.45) is -1.73. The molecule has 6 nitrogen and oxygen atoms in total. The minimum absolute atomic E-state index is 0.0454. The molecular formula is C12H19F2NO5. The van der Waals surface area contributed by atoms with Gasteiger partial charge in [-0.1, -0.05) is 0 Å². The molecule has 0 aliphatic carbocycles. The number of hydrogen-bond acceptors (Lipinski definition) is 5. The fraction of sp³-hybridized carbons (Fsp3) is 0.833. The van der Waals surface area contributed by atoms with Gasteiger partial charge < -0.3 is 14.2 Å². The van der Waals surface area contributed by atoms with Crippen molar-refractivity contribution in [2.75, 3.05) is 13.7 Å². The zero-order chi connectivity index (χ0) is 15.5. The number of halogens is 2. The highest BCUT2D eigenvalue weighted by Gasteiger charge is 2.43. The molecule has 1 aliphatic heterocycles. The SMILES string of the molecule is COC(=O)[C@@H]1C[C@@H](OC(F)F)CN1C(=O)OC(C)(C)C. The summed E-state index contributed by atoms with van der Waals surface area (Å²) in [5.41, 5.74) is -0.751. The lowest BCUT2D eigenvalue weighted by molar-refractivity contribution is -0.159. The number of carbonyl (C=O) groups is 2.